The largest absolute Gasteiger partial charge is 0.352 e. The molecule has 0 saturated heterocycles. The minimum atomic E-state index is -0.140. The fourth-order valence-corrected chi connectivity index (χ4v) is 1.88. The van der Waals surface area contributed by atoms with Gasteiger partial charge in [0.15, 0.2) is 0 Å². The third kappa shape index (κ3) is 4.01. The van der Waals surface area contributed by atoms with E-state index in [1.54, 1.807) is 6.07 Å². The van der Waals surface area contributed by atoms with Gasteiger partial charge in [0.2, 0.25) is 11.7 Å². The van der Waals surface area contributed by atoms with Crippen molar-refractivity contribution in [3.05, 3.63) is 29.3 Å². The van der Waals surface area contributed by atoms with Gasteiger partial charge in [-0.1, -0.05) is 37.6 Å². The molecule has 1 amide bonds. The number of hydrogen-bond donors (Lipinski definition) is 1. The van der Waals surface area contributed by atoms with E-state index in [0.717, 1.165) is 0 Å². The summed E-state index contributed by atoms with van der Waals surface area (Å²) in [6.07, 6.45) is 0. The number of benzene rings is 1. The van der Waals surface area contributed by atoms with Crippen molar-refractivity contribution in [3.63, 3.8) is 0 Å². The molecule has 1 heterocycles. The smallest absolute Gasteiger partial charge is 0.243 e. The lowest BCUT2D eigenvalue weighted by Crippen LogP contribution is -2.38. The number of halogens is 1. The van der Waals surface area contributed by atoms with Crippen molar-refractivity contribution >= 4 is 17.5 Å². The second kappa shape index (κ2) is 6.67. The van der Waals surface area contributed by atoms with Crippen LogP contribution in [0.3, 0.4) is 0 Å². The van der Waals surface area contributed by atoms with E-state index in [0.29, 0.717) is 22.3 Å². The topological polar surface area (TPSA) is 72.7 Å². The second-order valence-corrected chi connectivity index (χ2v) is 5.63. The van der Waals surface area contributed by atoms with Crippen LogP contribution < -0.4 is 5.32 Å². The van der Waals surface area contributed by atoms with Crippen molar-refractivity contribution < 1.29 is 4.79 Å². The number of nitrogens with one attached hydrogen (secondary N) is 1. The summed E-state index contributed by atoms with van der Waals surface area (Å²) in [6, 6.07) is 7.35. The third-order valence-corrected chi connectivity index (χ3v) is 3.57. The molecule has 2 rings (SSSR count). The maximum Gasteiger partial charge on any atom is 0.243 e. The first-order valence-electron chi connectivity index (χ1n) is 6.79. The number of aromatic nitrogens is 4. The summed E-state index contributed by atoms with van der Waals surface area (Å²) >= 11 is 6.08. The van der Waals surface area contributed by atoms with E-state index in [1.807, 2.05) is 39.0 Å². The van der Waals surface area contributed by atoms with Crippen molar-refractivity contribution in [3.8, 4) is 11.4 Å². The number of carbonyl (C=O) groups is 1. The van der Waals surface area contributed by atoms with Crippen LogP contribution in [0.5, 0.6) is 0 Å². The van der Waals surface area contributed by atoms with Crippen LogP contribution in [-0.4, -0.2) is 32.2 Å². The zero-order chi connectivity index (χ0) is 15.4. The van der Waals surface area contributed by atoms with Gasteiger partial charge in [-0.05, 0) is 30.2 Å². The zero-order valence-corrected chi connectivity index (χ0v) is 13.0. The molecule has 1 aromatic carbocycles. The number of amides is 1. The molecule has 21 heavy (non-hydrogen) atoms. The molecule has 0 aliphatic rings. The van der Waals surface area contributed by atoms with E-state index in [-0.39, 0.29) is 18.5 Å². The van der Waals surface area contributed by atoms with Crippen molar-refractivity contribution in [2.75, 3.05) is 0 Å². The Kier molecular flexibility index (Phi) is 4.90. The Morgan fingerprint density at radius 1 is 1.33 bits per heavy atom. The molecule has 0 fully saturated rings. The predicted molar refractivity (Wildman–Crippen MR) is 80.7 cm³/mol. The number of tetrazole rings is 1. The normalized spacial score (nSPS) is 12.4. The Balaban J connectivity index is 2.04. The van der Waals surface area contributed by atoms with Crippen LogP contribution in [0.25, 0.3) is 11.4 Å². The number of hydrogen-bond acceptors (Lipinski definition) is 4. The fourth-order valence-electron chi connectivity index (χ4n) is 1.66. The van der Waals surface area contributed by atoms with Crippen molar-refractivity contribution in [2.45, 2.75) is 33.4 Å². The Labute approximate surface area is 128 Å². The van der Waals surface area contributed by atoms with E-state index in [4.69, 9.17) is 11.6 Å². The van der Waals surface area contributed by atoms with Crippen LogP contribution in [0.1, 0.15) is 20.8 Å². The first kappa shape index (κ1) is 15.4. The molecule has 0 spiro atoms. The SMILES string of the molecule is CC(C)C(C)NC(=O)Cn1nnc(-c2ccccc2Cl)n1. The van der Waals surface area contributed by atoms with Crippen molar-refractivity contribution in [1.82, 2.24) is 25.5 Å². The summed E-state index contributed by atoms with van der Waals surface area (Å²) in [5.74, 6) is 0.640. The summed E-state index contributed by atoms with van der Waals surface area (Å²) in [4.78, 5) is 13.1. The molecule has 0 aliphatic carbocycles. The lowest BCUT2D eigenvalue weighted by atomic mass is 10.1. The average molecular weight is 308 g/mol. The molecule has 1 aromatic heterocycles. The highest BCUT2D eigenvalue weighted by Gasteiger charge is 2.14. The van der Waals surface area contributed by atoms with Crippen molar-refractivity contribution in [1.29, 1.82) is 0 Å². The molecule has 1 N–H and O–H groups in total. The van der Waals surface area contributed by atoms with Gasteiger partial charge in [0.05, 0.1) is 5.02 Å². The summed E-state index contributed by atoms with van der Waals surface area (Å²) in [7, 11) is 0. The quantitative estimate of drug-likeness (QED) is 0.918. The Morgan fingerprint density at radius 3 is 2.71 bits per heavy atom. The standard InChI is InChI=1S/C14H18ClN5O/c1-9(2)10(3)16-13(21)8-20-18-14(17-19-20)11-6-4-5-7-12(11)15/h4-7,9-10H,8H2,1-3H3,(H,16,21). The molecule has 0 aliphatic heterocycles. The fraction of sp³-hybridized carbons (Fsp3) is 0.429. The molecule has 2 aromatic rings. The van der Waals surface area contributed by atoms with E-state index in [1.165, 1.54) is 4.80 Å². The molecule has 0 saturated carbocycles. The number of nitrogens with zero attached hydrogens (tertiary/aromatic N) is 4. The molecule has 7 heteroatoms. The minimum Gasteiger partial charge on any atom is -0.352 e. The Bertz CT molecular complexity index is 625. The molecule has 1 unspecified atom stereocenters. The van der Waals surface area contributed by atoms with Gasteiger partial charge < -0.3 is 5.32 Å². The molecular formula is C14H18ClN5O. The average Bonchev–Trinajstić information content (AvgIpc) is 2.87. The third-order valence-electron chi connectivity index (χ3n) is 3.24. The molecular weight excluding hydrogens is 290 g/mol. The van der Waals surface area contributed by atoms with E-state index in [9.17, 15) is 4.79 Å². The molecule has 0 bridgehead atoms. The maximum atomic E-state index is 11.9. The van der Waals surface area contributed by atoms with Gasteiger partial charge in [0.25, 0.3) is 0 Å². The van der Waals surface area contributed by atoms with Crippen LogP contribution in [0.2, 0.25) is 5.02 Å². The van der Waals surface area contributed by atoms with Crippen LogP contribution >= 0.6 is 11.6 Å². The highest BCUT2D eigenvalue weighted by molar-refractivity contribution is 6.33. The van der Waals surface area contributed by atoms with E-state index < -0.39 is 0 Å². The summed E-state index contributed by atoms with van der Waals surface area (Å²) < 4.78 is 0. The molecule has 0 radical (unpaired) electrons. The minimum absolute atomic E-state index is 0.0362. The number of carbonyl (C=O) groups excluding carboxylic acids is 1. The van der Waals surface area contributed by atoms with Gasteiger partial charge in [0.1, 0.15) is 6.54 Å². The highest BCUT2D eigenvalue weighted by atomic mass is 35.5. The predicted octanol–water partition coefficient (Wildman–Crippen LogP) is 2.15. The monoisotopic (exact) mass is 307 g/mol. The lowest BCUT2D eigenvalue weighted by Gasteiger charge is -2.16. The van der Waals surface area contributed by atoms with E-state index >= 15 is 0 Å². The molecule has 6 nitrogen and oxygen atoms in total. The molecule has 1 atom stereocenters. The van der Waals surface area contributed by atoms with E-state index in [2.05, 4.69) is 20.7 Å². The highest BCUT2D eigenvalue weighted by Crippen LogP contribution is 2.23. The van der Waals surface area contributed by atoms with Crippen LogP contribution in [0.4, 0.5) is 0 Å². The first-order valence-corrected chi connectivity index (χ1v) is 7.17. The van der Waals surface area contributed by atoms with Gasteiger partial charge in [0, 0.05) is 11.6 Å². The van der Waals surface area contributed by atoms with Gasteiger partial charge in [-0.3, -0.25) is 4.79 Å². The second-order valence-electron chi connectivity index (χ2n) is 5.22. The zero-order valence-electron chi connectivity index (χ0n) is 12.2. The van der Waals surface area contributed by atoms with Crippen LogP contribution in [0.15, 0.2) is 24.3 Å². The van der Waals surface area contributed by atoms with Crippen molar-refractivity contribution in [2.24, 2.45) is 5.92 Å². The van der Waals surface area contributed by atoms with Crippen LogP contribution in [0, 0.1) is 5.92 Å². The van der Waals surface area contributed by atoms with Gasteiger partial charge >= 0.3 is 0 Å². The van der Waals surface area contributed by atoms with Gasteiger partial charge in [-0.25, -0.2) is 0 Å². The Hall–Kier alpha value is -1.95. The van der Waals surface area contributed by atoms with Gasteiger partial charge in [-0.15, -0.1) is 10.2 Å². The maximum absolute atomic E-state index is 11.9. The summed E-state index contributed by atoms with van der Waals surface area (Å²) in [5, 5.41) is 15.4. The summed E-state index contributed by atoms with van der Waals surface area (Å²) in [5.41, 5.74) is 0.696. The first-order chi connectivity index (χ1) is 9.97. The summed E-state index contributed by atoms with van der Waals surface area (Å²) in [6.45, 7) is 6.10. The van der Waals surface area contributed by atoms with Crippen LogP contribution in [-0.2, 0) is 11.3 Å². The Morgan fingerprint density at radius 2 is 2.05 bits per heavy atom. The molecule has 112 valence electrons. The number of rotatable bonds is 5. The van der Waals surface area contributed by atoms with Gasteiger partial charge in [-0.2, -0.15) is 4.80 Å². The lowest BCUT2D eigenvalue weighted by molar-refractivity contribution is -0.123.